The minimum atomic E-state index is -3.92. The van der Waals surface area contributed by atoms with E-state index in [0.717, 1.165) is 16.5 Å². The Balaban J connectivity index is 1.72. The molecule has 0 saturated carbocycles. The van der Waals surface area contributed by atoms with E-state index in [0.29, 0.717) is 37.3 Å². The Morgan fingerprint density at radius 2 is 1.84 bits per heavy atom. The lowest BCUT2D eigenvalue weighted by molar-refractivity contribution is 0.277. The van der Waals surface area contributed by atoms with Gasteiger partial charge in [-0.05, 0) is 62.1 Å². The van der Waals surface area contributed by atoms with Crippen molar-refractivity contribution < 1.29 is 13.2 Å². The Hall–Kier alpha value is -2.91. The number of aromatic nitrogens is 4. The van der Waals surface area contributed by atoms with Gasteiger partial charge in [-0.15, -0.1) is 0 Å². The van der Waals surface area contributed by atoms with Crippen LogP contribution < -0.4 is 4.90 Å². The van der Waals surface area contributed by atoms with Gasteiger partial charge in [-0.1, -0.05) is 32.7 Å². The molecule has 0 amide bonds. The van der Waals surface area contributed by atoms with Gasteiger partial charge < -0.3 is 9.45 Å². The maximum absolute atomic E-state index is 13.7. The average Bonchev–Trinajstić information content (AvgIpc) is 3.21. The number of halogens is 1. The average molecular weight is 440 g/mol. The monoisotopic (exact) mass is 439 g/mol. The van der Waals surface area contributed by atoms with Crippen molar-refractivity contribution in [3.63, 3.8) is 0 Å². The molecule has 1 atom stereocenters. The summed E-state index contributed by atoms with van der Waals surface area (Å²) in [5.74, 6) is 0.633. The number of alkyl halides is 1. The van der Waals surface area contributed by atoms with Crippen molar-refractivity contribution in [2.24, 2.45) is 0 Å². The molecule has 2 aromatic carbocycles. The van der Waals surface area contributed by atoms with E-state index in [2.05, 4.69) is 10.3 Å². The molecule has 2 aromatic heterocycles. The second-order valence-electron chi connectivity index (χ2n) is 7.99. The molecule has 4 aromatic rings. The van der Waals surface area contributed by atoms with Gasteiger partial charge in [-0.25, -0.2) is 9.37 Å². The van der Waals surface area contributed by atoms with E-state index in [1.807, 2.05) is 43.0 Å². The van der Waals surface area contributed by atoms with Gasteiger partial charge in [0.05, 0.1) is 5.52 Å². The van der Waals surface area contributed by atoms with E-state index >= 15 is 0 Å². The lowest BCUT2D eigenvalue weighted by Gasteiger charge is -2.30. The van der Waals surface area contributed by atoms with Gasteiger partial charge in [0.25, 0.3) is 0 Å². The number of nitrogens with zero attached hydrogens (tertiary/aromatic N) is 5. The minimum Gasteiger partial charge on any atom is -0.604 e. The standard InChI is InChI=1S/C22H22FN5O2S/c1-14-7-8-17(13-15(14)2)31(29,30)22-21-24-20(27-11-9-16(23)10-12-27)18-5-3-4-6-19(18)28(21)26-25-22/h3-8,13,16H,9-12H2,1-2H3. The molecule has 0 radical (unpaired) electrons. The zero-order chi connectivity index (χ0) is 21.8. The summed E-state index contributed by atoms with van der Waals surface area (Å²) in [6, 6.07) is 12.5. The van der Waals surface area contributed by atoms with Gasteiger partial charge in [0.1, 0.15) is 22.2 Å². The highest BCUT2D eigenvalue weighted by Gasteiger charge is 2.33. The number of aryl methyl sites for hydroxylation is 2. The Morgan fingerprint density at radius 1 is 1.10 bits per heavy atom. The number of rotatable bonds is 3. The maximum Gasteiger partial charge on any atom is 0.317 e. The van der Waals surface area contributed by atoms with Crippen LogP contribution in [0, 0.1) is 13.8 Å². The van der Waals surface area contributed by atoms with Crippen molar-refractivity contribution in [2.45, 2.75) is 42.8 Å². The van der Waals surface area contributed by atoms with Crippen molar-refractivity contribution in [2.75, 3.05) is 18.0 Å². The Bertz CT molecular complexity index is 1350. The third kappa shape index (κ3) is 3.28. The fourth-order valence-corrected chi connectivity index (χ4v) is 5.31. The molecule has 160 valence electrons. The molecule has 9 heteroatoms. The first kappa shape index (κ1) is 20.0. The van der Waals surface area contributed by atoms with E-state index in [1.54, 1.807) is 18.2 Å². The van der Waals surface area contributed by atoms with Crippen molar-refractivity contribution in [3.05, 3.63) is 53.6 Å². The number of para-hydroxylation sites is 1. The van der Waals surface area contributed by atoms with Crippen LogP contribution in [-0.4, -0.2) is 43.6 Å². The van der Waals surface area contributed by atoms with Gasteiger partial charge in [0, 0.05) is 18.5 Å². The van der Waals surface area contributed by atoms with E-state index in [1.165, 1.54) is 4.52 Å². The fourth-order valence-electron chi connectivity index (χ4n) is 4.00. The molecule has 1 aliphatic heterocycles. The summed E-state index contributed by atoms with van der Waals surface area (Å²) in [5.41, 5.74) is 2.77. The van der Waals surface area contributed by atoms with Gasteiger partial charge in [-0.2, -0.15) is 4.52 Å². The zero-order valence-electron chi connectivity index (χ0n) is 17.3. The summed E-state index contributed by atoms with van der Waals surface area (Å²) in [7, 11) is -3.92. The zero-order valence-corrected chi connectivity index (χ0v) is 18.1. The van der Waals surface area contributed by atoms with Gasteiger partial charge in [-0.3, -0.25) is 0 Å². The summed E-state index contributed by atoms with van der Waals surface area (Å²) in [4.78, 5) is 6.88. The number of hydrogen-bond donors (Lipinski definition) is 0. The summed E-state index contributed by atoms with van der Waals surface area (Å²) in [6.07, 6.45) is 0.0301. The first-order valence-electron chi connectivity index (χ1n) is 10.2. The van der Waals surface area contributed by atoms with Crippen molar-refractivity contribution in [1.29, 1.82) is 0 Å². The number of piperidine rings is 1. The number of fused-ring (bicyclic) bond motifs is 3. The predicted octanol–water partition coefficient (Wildman–Crippen LogP) is 3.88. The normalized spacial score (nSPS) is 17.4. The molecule has 7 nitrogen and oxygen atoms in total. The highest BCUT2D eigenvalue weighted by atomic mass is 32.3. The first-order valence-corrected chi connectivity index (χ1v) is 11.7. The van der Waals surface area contributed by atoms with Crippen molar-refractivity contribution in [1.82, 2.24) is 19.8 Å². The highest BCUT2D eigenvalue weighted by molar-refractivity contribution is 7.97. The van der Waals surface area contributed by atoms with E-state index in [4.69, 9.17) is 4.98 Å². The van der Waals surface area contributed by atoms with Crippen molar-refractivity contribution >= 4 is 32.6 Å². The third-order valence-electron chi connectivity index (χ3n) is 5.97. The van der Waals surface area contributed by atoms with E-state index in [9.17, 15) is 13.2 Å². The Morgan fingerprint density at radius 3 is 2.58 bits per heavy atom. The molecule has 1 aliphatic rings. The molecular weight excluding hydrogens is 417 g/mol. The van der Waals surface area contributed by atoms with Crippen LogP contribution in [0.25, 0.3) is 16.6 Å². The molecule has 1 unspecified atom stereocenters. The maximum atomic E-state index is 13.7. The molecule has 0 bridgehead atoms. The van der Waals surface area contributed by atoms with E-state index < -0.39 is 16.4 Å². The molecule has 0 spiro atoms. The molecule has 0 N–H and O–H groups in total. The molecule has 5 rings (SSSR count). The number of sulfone groups is 1. The molecule has 0 aliphatic carbocycles. The van der Waals surface area contributed by atoms with E-state index in [-0.39, 0.29) is 15.6 Å². The van der Waals surface area contributed by atoms with Crippen molar-refractivity contribution in [3.8, 4) is 0 Å². The van der Waals surface area contributed by atoms with Crippen LogP contribution in [0.15, 0.2) is 52.4 Å². The van der Waals surface area contributed by atoms with Gasteiger partial charge in [0.2, 0.25) is 5.65 Å². The quantitative estimate of drug-likeness (QED) is 0.450. The van der Waals surface area contributed by atoms with Crippen LogP contribution in [-0.2, 0) is 14.4 Å². The fraction of sp³-hybridized carbons (Fsp3) is 0.318. The minimum absolute atomic E-state index is 0.160. The molecule has 31 heavy (non-hydrogen) atoms. The molecule has 1 fully saturated rings. The number of benzene rings is 2. The summed E-state index contributed by atoms with van der Waals surface area (Å²) in [6.45, 7) is 4.85. The van der Waals surface area contributed by atoms with Crippen LogP contribution in [0.1, 0.15) is 24.0 Å². The smallest absolute Gasteiger partial charge is 0.317 e. The largest absolute Gasteiger partial charge is 0.604 e. The SMILES string of the molecule is Cc1ccc([S+](=O)([O-])c2nnn3c2nc(N2CCC(F)CC2)c2ccccc23)cc1C. The topological polar surface area (TPSA) is 86.4 Å². The number of hydrogen-bond acceptors (Lipinski definition) is 6. The van der Waals surface area contributed by atoms with Crippen LogP contribution in [0.2, 0.25) is 0 Å². The van der Waals surface area contributed by atoms with Crippen LogP contribution in [0.3, 0.4) is 0 Å². The lowest BCUT2D eigenvalue weighted by Crippen LogP contribution is -2.35. The summed E-state index contributed by atoms with van der Waals surface area (Å²) < 4.78 is 42.0. The second-order valence-corrected chi connectivity index (χ2v) is 9.86. The number of anilines is 1. The van der Waals surface area contributed by atoms with Crippen LogP contribution in [0.4, 0.5) is 10.2 Å². The highest BCUT2D eigenvalue weighted by Crippen LogP contribution is 2.33. The molecule has 3 heterocycles. The van der Waals surface area contributed by atoms with Gasteiger partial charge in [0.15, 0.2) is 4.90 Å². The summed E-state index contributed by atoms with van der Waals surface area (Å²) in [5, 5.41) is 8.80. The third-order valence-corrected chi connectivity index (χ3v) is 7.62. The second kappa shape index (κ2) is 7.35. The van der Waals surface area contributed by atoms with Crippen LogP contribution in [0.5, 0.6) is 0 Å². The molecular formula is C22H22FN5O2S. The predicted molar refractivity (Wildman–Crippen MR) is 116 cm³/mol. The molecule has 1 saturated heterocycles. The van der Waals surface area contributed by atoms with Crippen LogP contribution >= 0.6 is 0 Å². The lowest BCUT2D eigenvalue weighted by atomic mass is 10.1. The first-order chi connectivity index (χ1) is 14.9. The summed E-state index contributed by atoms with van der Waals surface area (Å²) >= 11 is 0. The Kier molecular flexibility index (Phi) is 4.75. The van der Waals surface area contributed by atoms with Gasteiger partial charge >= 0.3 is 5.03 Å². The Labute approximate surface area is 180 Å².